The molecule has 0 aromatic carbocycles. The second-order valence-electron chi connectivity index (χ2n) is 4.76. The van der Waals surface area contributed by atoms with Gasteiger partial charge in [-0.25, -0.2) is 13.2 Å². The Hall–Kier alpha value is -1.30. The first-order valence-corrected chi connectivity index (χ1v) is 7.56. The van der Waals surface area contributed by atoms with Crippen molar-refractivity contribution in [3.63, 3.8) is 0 Å². The van der Waals surface area contributed by atoms with Gasteiger partial charge in [0, 0.05) is 0 Å². The number of carboxylic acid groups (broad SMARTS) is 1. The van der Waals surface area contributed by atoms with Crippen molar-refractivity contribution in [1.29, 1.82) is 0 Å². The van der Waals surface area contributed by atoms with Gasteiger partial charge in [0.1, 0.15) is 22.8 Å². The average Bonchev–Trinajstić information content (AvgIpc) is 2.56. The Labute approximate surface area is 107 Å². The molecule has 1 aromatic heterocycles. The number of hydrogen-bond acceptors (Lipinski definition) is 4. The summed E-state index contributed by atoms with van der Waals surface area (Å²) in [6.45, 7) is 5.41. The number of carbonyl (C=O) groups is 1. The van der Waals surface area contributed by atoms with E-state index in [0.29, 0.717) is 12.3 Å². The lowest BCUT2D eigenvalue weighted by Gasteiger charge is -2.04. The van der Waals surface area contributed by atoms with Crippen molar-refractivity contribution in [3.05, 3.63) is 23.2 Å². The summed E-state index contributed by atoms with van der Waals surface area (Å²) < 4.78 is 28.7. The molecule has 102 valence electrons. The largest absolute Gasteiger partial charge is 0.478 e. The van der Waals surface area contributed by atoms with Crippen molar-refractivity contribution in [2.75, 3.05) is 5.75 Å². The first-order chi connectivity index (χ1) is 8.21. The molecule has 0 fully saturated rings. The van der Waals surface area contributed by atoms with Crippen LogP contribution in [0.4, 0.5) is 0 Å². The predicted molar refractivity (Wildman–Crippen MR) is 67.4 cm³/mol. The van der Waals surface area contributed by atoms with E-state index < -0.39 is 15.8 Å². The van der Waals surface area contributed by atoms with Crippen molar-refractivity contribution in [2.24, 2.45) is 5.92 Å². The van der Waals surface area contributed by atoms with Crippen LogP contribution in [0.5, 0.6) is 0 Å². The SMILES string of the molecule is Cc1oc(CS(=O)(=O)CCC(C)C)cc1C(=O)O. The highest BCUT2D eigenvalue weighted by Gasteiger charge is 2.19. The molecular weight excluding hydrogens is 256 g/mol. The third-order valence-corrected chi connectivity index (χ3v) is 4.15. The van der Waals surface area contributed by atoms with Gasteiger partial charge in [0.15, 0.2) is 9.84 Å². The second kappa shape index (κ2) is 5.56. The van der Waals surface area contributed by atoms with Gasteiger partial charge in [0.05, 0.1) is 5.75 Å². The van der Waals surface area contributed by atoms with Crippen LogP contribution in [-0.4, -0.2) is 25.2 Å². The van der Waals surface area contributed by atoms with E-state index in [1.54, 1.807) is 0 Å². The number of carboxylic acids is 1. The summed E-state index contributed by atoms with van der Waals surface area (Å²) in [5, 5.41) is 8.84. The first-order valence-electron chi connectivity index (χ1n) is 5.74. The molecule has 1 rings (SSSR count). The molecule has 0 saturated carbocycles. The van der Waals surface area contributed by atoms with Crippen molar-refractivity contribution in [1.82, 2.24) is 0 Å². The van der Waals surface area contributed by atoms with Crippen LogP contribution < -0.4 is 0 Å². The molecule has 0 atom stereocenters. The van der Waals surface area contributed by atoms with E-state index in [2.05, 4.69) is 0 Å². The van der Waals surface area contributed by atoms with Gasteiger partial charge in [0.2, 0.25) is 0 Å². The zero-order valence-electron chi connectivity index (χ0n) is 10.8. The van der Waals surface area contributed by atoms with Crippen molar-refractivity contribution >= 4 is 15.8 Å². The third-order valence-electron chi connectivity index (χ3n) is 2.57. The standard InChI is InChI=1S/C12H18O5S/c1-8(2)4-5-18(15,16)7-10-6-11(12(13)14)9(3)17-10/h6,8H,4-5,7H2,1-3H3,(H,13,14). The lowest BCUT2D eigenvalue weighted by atomic mass is 10.2. The van der Waals surface area contributed by atoms with Crippen LogP contribution in [0.3, 0.4) is 0 Å². The van der Waals surface area contributed by atoms with E-state index in [-0.39, 0.29) is 28.6 Å². The maximum Gasteiger partial charge on any atom is 0.339 e. The Bertz CT molecular complexity index is 525. The Morgan fingerprint density at radius 3 is 2.50 bits per heavy atom. The molecule has 0 unspecified atom stereocenters. The van der Waals surface area contributed by atoms with Crippen molar-refractivity contribution < 1.29 is 22.7 Å². The van der Waals surface area contributed by atoms with E-state index >= 15 is 0 Å². The van der Waals surface area contributed by atoms with Crippen molar-refractivity contribution in [3.8, 4) is 0 Å². The molecule has 5 nitrogen and oxygen atoms in total. The monoisotopic (exact) mass is 274 g/mol. The smallest absolute Gasteiger partial charge is 0.339 e. The zero-order chi connectivity index (χ0) is 13.9. The van der Waals surface area contributed by atoms with Crippen LogP contribution in [-0.2, 0) is 15.6 Å². The summed E-state index contributed by atoms with van der Waals surface area (Å²) in [6, 6.07) is 1.28. The maximum atomic E-state index is 11.8. The fraction of sp³-hybridized carbons (Fsp3) is 0.583. The first kappa shape index (κ1) is 14.8. The van der Waals surface area contributed by atoms with Crippen LogP contribution in [0, 0.1) is 12.8 Å². The summed E-state index contributed by atoms with van der Waals surface area (Å²) in [5.74, 6) is -0.527. The molecule has 6 heteroatoms. The minimum Gasteiger partial charge on any atom is -0.478 e. The van der Waals surface area contributed by atoms with Gasteiger partial charge in [-0.05, 0) is 25.3 Å². The van der Waals surface area contributed by atoms with Gasteiger partial charge < -0.3 is 9.52 Å². The number of furan rings is 1. The summed E-state index contributed by atoms with van der Waals surface area (Å²) >= 11 is 0. The highest BCUT2D eigenvalue weighted by atomic mass is 32.2. The van der Waals surface area contributed by atoms with Crippen LogP contribution in [0.1, 0.15) is 42.1 Å². The molecule has 0 amide bonds. The van der Waals surface area contributed by atoms with Gasteiger partial charge in [0.25, 0.3) is 0 Å². The number of hydrogen-bond donors (Lipinski definition) is 1. The highest BCUT2D eigenvalue weighted by molar-refractivity contribution is 7.90. The minimum atomic E-state index is -3.25. The van der Waals surface area contributed by atoms with Crippen LogP contribution in [0.25, 0.3) is 0 Å². The summed E-state index contributed by atoms with van der Waals surface area (Å²) in [4.78, 5) is 10.8. The van der Waals surface area contributed by atoms with Gasteiger partial charge in [-0.3, -0.25) is 0 Å². The van der Waals surface area contributed by atoms with E-state index in [9.17, 15) is 13.2 Å². The zero-order valence-corrected chi connectivity index (χ0v) is 11.6. The molecule has 1 heterocycles. The molecular formula is C12H18O5S. The van der Waals surface area contributed by atoms with Gasteiger partial charge in [-0.1, -0.05) is 13.8 Å². The number of aryl methyl sites for hydroxylation is 1. The summed E-state index contributed by atoms with van der Waals surface area (Å²) in [7, 11) is -3.25. The molecule has 1 N–H and O–H groups in total. The molecule has 0 aliphatic carbocycles. The lowest BCUT2D eigenvalue weighted by molar-refractivity contribution is 0.0695. The number of aromatic carboxylic acids is 1. The summed E-state index contributed by atoms with van der Waals surface area (Å²) in [5.41, 5.74) is 0.0176. The Morgan fingerprint density at radius 1 is 1.44 bits per heavy atom. The van der Waals surface area contributed by atoms with Crippen LogP contribution in [0.15, 0.2) is 10.5 Å². The Balaban J connectivity index is 2.78. The quantitative estimate of drug-likeness (QED) is 0.860. The molecule has 0 aliphatic heterocycles. The van der Waals surface area contributed by atoms with E-state index in [4.69, 9.17) is 9.52 Å². The third kappa shape index (κ3) is 4.18. The number of rotatable bonds is 6. The van der Waals surface area contributed by atoms with Gasteiger partial charge in [-0.15, -0.1) is 0 Å². The van der Waals surface area contributed by atoms with E-state index in [1.807, 2.05) is 13.8 Å². The average molecular weight is 274 g/mol. The second-order valence-corrected chi connectivity index (χ2v) is 6.95. The number of sulfone groups is 1. The molecule has 0 spiro atoms. The molecule has 0 radical (unpaired) electrons. The molecule has 1 aromatic rings. The van der Waals surface area contributed by atoms with E-state index in [0.717, 1.165) is 0 Å². The Kier molecular flexibility index (Phi) is 4.56. The van der Waals surface area contributed by atoms with Crippen molar-refractivity contribution in [2.45, 2.75) is 32.9 Å². The molecule has 0 aliphatic rings. The lowest BCUT2D eigenvalue weighted by Crippen LogP contribution is -2.10. The van der Waals surface area contributed by atoms with Gasteiger partial charge >= 0.3 is 5.97 Å². The normalized spacial score (nSPS) is 12.0. The van der Waals surface area contributed by atoms with Crippen LogP contribution >= 0.6 is 0 Å². The summed E-state index contributed by atoms with van der Waals surface area (Å²) in [6.07, 6.45) is 0.591. The Morgan fingerprint density at radius 2 is 2.06 bits per heavy atom. The predicted octanol–water partition coefficient (Wildman–Crippen LogP) is 2.25. The fourth-order valence-electron chi connectivity index (χ4n) is 1.53. The fourth-order valence-corrected chi connectivity index (χ4v) is 3.08. The highest BCUT2D eigenvalue weighted by Crippen LogP contribution is 2.18. The topological polar surface area (TPSA) is 84.6 Å². The maximum absolute atomic E-state index is 11.8. The minimum absolute atomic E-state index is 0.0176. The molecule has 0 saturated heterocycles. The molecule has 0 bridgehead atoms. The van der Waals surface area contributed by atoms with E-state index in [1.165, 1.54) is 13.0 Å². The van der Waals surface area contributed by atoms with Crippen LogP contribution in [0.2, 0.25) is 0 Å². The van der Waals surface area contributed by atoms with Gasteiger partial charge in [-0.2, -0.15) is 0 Å². The molecule has 18 heavy (non-hydrogen) atoms.